The molecule has 0 bridgehead atoms. The maximum atomic E-state index is 13.2. The van der Waals surface area contributed by atoms with E-state index in [2.05, 4.69) is 41.8 Å². The maximum absolute atomic E-state index is 13.2. The number of piperazine rings is 1. The van der Waals surface area contributed by atoms with Gasteiger partial charge in [-0.2, -0.15) is 0 Å². The summed E-state index contributed by atoms with van der Waals surface area (Å²) in [6.45, 7) is 6.51. The number of aryl methyl sites for hydroxylation is 2. The summed E-state index contributed by atoms with van der Waals surface area (Å²) in [5, 5.41) is 52.6. The van der Waals surface area contributed by atoms with E-state index in [0.29, 0.717) is 13.1 Å². The van der Waals surface area contributed by atoms with E-state index in [1.165, 1.54) is 23.9 Å². The topological polar surface area (TPSA) is 152 Å². The highest BCUT2D eigenvalue weighted by Gasteiger charge is 2.53. The van der Waals surface area contributed by atoms with Gasteiger partial charge in [-0.1, -0.05) is 17.7 Å². The van der Waals surface area contributed by atoms with Crippen LogP contribution >= 0.6 is 0 Å². The normalized spacial score (nSPS) is 27.5. The number of fused-ring (bicyclic) bond motifs is 3. The van der Waals surface area contributed by atoms with E-state index in [1.54, 1.807) is 0 Å². The van der Waals surface area contributed by atoms with Gasteiger partial charge in [0.1, 0.15) is 24.4 Å². The van der Waals surface area contributed by atoms with Gasteiger partial charge in [-0.25, -0.2) is 4.79 Å². The molecule has 2 saturated heterocycles. The van der Waals surface area contributed by atoms with Gasteiger partial charge >= 0.3 is 5.97 Å². The number of phenolic OH excluding ortho intramolecular Hbond substituents is 2. The first-order valence-corrected chi connectivity index (χ1v) is 12.7. The average Bonchev–Trinajstić information content (AvgIpc) is 2.89. The summed E-state index contributed by atoms with van der Waals surface area (Å²) in [6.07, 6.45) is -6.72. The molecular weight excluding hydrogens is 496 g/mol. The molecule has 0 aromatic heterocycles. The number of nitrogens with zero attached hydrogens (tertiary/aromatic N) is 2. The Morgan fingerprint density at radius 1 is 1.05 bits per heavy atom. The lowest BCUT2D eigenvalue weighted by Gasteiger charge is -2.45. The van der Waals surface area contributed by atoms with Crippen LogP contribution in [0.3, 0.4) is 0 Å². The summed E-state index contributed by atoms with van der Waals surface area (Å²) in [5.41, 5.74) is 3.71. The van der Waals surface area contributed by atoms with Crippen LogP contribution in [0, 0.1) is 13.8 Å². The fraction of sp³-hybridized carbons (Fsp3) is 0.519. The minimum Gasteiger partial charge on any atom is -0.504 e. The molecule has 0 radical (unpaired) electrons. The predicted molar refractivity (Wildman–Crippen MR) is 136 cm³/mol. The number of aliphatic hydroxyl groups is 3. The Morgan fingerprint density at radius 2 is 1.76 bits per heavy atom. The van der Waals surface area contributed by atoms with E-state index < -0.39 is 48.8 Å². The molecule has 2 aromatic carbocycles. The average molecular weight is 531 g/mol. The molecule has 5 rings (SSSR count). The van der Waals surface area contributed by atoms with Gasteiger partial charge in [0.25, 0.3) is 0 Å². The van der Waals surface area contributed by atoms with Crippen LogP contribution in [0.4, 0.5) is 5.69 Å². The Balaban J connectivity index is 1.46. The van der Waals surface area contributed by atoms with Crippen LogP contribution in [0.2, 0.25) is 0 Å². The van der Waals surface area contributed by atoms with Gasteiger partial charge in [0, 0.05) is 49.5 Å². The Morgan fingerprint density at radius 3 is 2.39 bits per heavy atom. The second kappa shape index (κ2) is 10.2. The van der Waals surface area contributed by atoms with E-state index >= 15 is 0 Å². The van der Waals surface area contributed by atoms with Crippen molar-refractivity contribution in [1.29, 1.82) is 0 Å². The summed E-state index contributed by atoms with van der Waals surface area (Å²) in [6, 6.07) is 6.36. The smallest absolute Gasteiger partial charge is 0.339 e. The van der Waals surface area contributed by atoms with Crippen LogP contribution < -0.4 is 9.64 Å². The SMILES string of the molecule is COc1c(O)c(CN2CCN(c3ccc(C)cc3C)CC2)c2c(c1O)[C@@H]1O[C@H](CO)[C@@H](O)[C@H](O)[C@@H]1OC2=O. The number of carbonyl (C=O) groups excluding carboxylic acids is 1. The van der Waals surface area contributed by atoms with Gasteiger partial charge < -0.3 is 44.6 Å². The monoisotopic (exact) mass is 530 g/mol. The molecule has 0 aliphatic carbocycles. The summed E-state index contributed by atoms with van der Waals surface area (Å²) in [7, 11) is 1.28. The second-order valence-corrected chi connectivity index (χ2v) is 10.2. The molecule has 3 aliphatic heterocycles. The highest BCUT2D eigenvalue weighted by atomic mass is 16.6. The van der Waals surface area contributed by atoms with Crippen molar-refractivity contribution in [3.8, 4) is 17.2 Å². The standard InChI is InChI=1S/C27H34N2O9/c1-13-4-5-16(14(2)10-13)29-8-6-28(7-9-29)11-15-18-19(22(33)25(36-3)20(15)31)24-26(38-27(18)35)23(34)21(32)17(12-30)37-24/h4-5,10,17,21,23-24,26,30-34H,6-9,11-12H2,1-3H3/t17-,21-,23+,24+,26+/m1/s1. The Kier molecular flexibility index (Phi) is 7.14. The number of carbonyl (C=O) groups is 1. The summed E-state index contributed by atoms with van der Waals surface area (Å²) < 4.78 is 16.5. The number of rotatable bonds is 5. The molecule has 0 saturated carbocycles. The molecule has 3 aliphatic rings. The third-order valence-electron chi connectivity index (χ3n) is 7.79. The van der Waals surface area contributed by atoms with E-state index in [4.69, 9.17) is 14.2 Å². The number of phenols is 2. The van der Waals surface area contributed by atoms with Crippen molar-refractivity contribution in [2.24, 2.45) is 0 Å². The minimum absolute atomic E-state index is 0.00536. The number of aliphatic hydroxyl groups excluding tert-OH is 3. The molecule has 5 N–H and O–H groups in total. The van der Waals surface area contributed by atoms with E-state index in [0.717, 1.165) is 13.1 Å². The molecule has 11 nitrogen and oxygen atoms in total. The molecule has 2 fully saturated rings. The zero-order chi connectivity index (χ0) is 27.3. The van der Waals surface area contributed by atoms with Gasteiger partial charge in [-0.3, -0.25) is 4.90 Å². The van der Waals surface area contributed by atoms with Gasteiger partial charge in [-0.05, 0) is 25.5 Å². The second-order valence-electron chi connectivity index (χ2n) is 10.2. The van der Waals surface area contributed by atoms with Gasteiger partial charge in [0.15, 0.2) is 17.6 Å². The largest absolute Gasteiger partial charge is 0.504 e. The molecule has 206 valence electrons. The quantitative estimate of drug-likeness (QED) is 0.348. The van der Waals surface area contributed by atoms with Crippen LogP contribution in [-0.4, -0.2) is 101 Å². The highest BCUT2D eigenvalue weighted by Crippen LogP contribution is 2.52. The molecule has 38 heavy (non-hydrogen) atoms. The first-order chi connectivity index (χ1) is 18.2. The molecule has 3 heterocycles. The number of ether oxygens (including phenoxy) is 3. The zero-order valence-corrected chi connectivity index (χ0v) is 21.6. The molecule has 0 unspecified atom stereocenters. The van der Waals surface area contributed by atoms with Crippen molar-refractivity contribution in [3.63, 3.8) is 0 Å². The van der Waals surface area contributed by atoms with Crippen molar-refractivity contribution < 1.29 is 44.5 Å². The number of hydrogen-bond acceptors (Lipinski definition) is 11. The number of hydrogen-bond donors (Lipinski definition) is 5. The molecule has 5 atom stereocenters. The van der Waals surface area contributed by atoms with Gasteiger partial charge in [0.05, 0.1) is 19.3 Å². The van der Waals surface area contributed by atoms with Crippen LogP contribution in [0.25, 0.3) is 0 Å². The highest BCUT2D eigenvalue weighted by molar-refractivity contribution is 5.97. The van der Waals surface area contributed by atoms with Crippen molar-refractivity contribution in [2.75, 3.05) is 44.8 Å². The van der Waals surface area contributed by atoms with Gasteiger partial charge in [0.2, 0.25) is 5.75 Å². The summed E-state index contributed by atoms with van der Waals surface area (Å²) in [5.74, 6) is -2.00. The lowest BCUT2D eigenvalue weighted by Crippen LogP contribution is -2.58. The number of esters is 1. The lowest BCUT2D eigenvalue weighted by atomic mass is 9.84. The maximum Gasteiger partial charge on any atom is 0.339 e. The van der Waals surface area contributed by atoms with Crippen molar-refractivity contribution in [3.05, 3.63) is 46.0 Å². The van der Waals surface area contributed by atoms with Crippen molar-refractivity contribution in [2.45, 2.75) is 50.9 Å². The fourth-order valence-corrected chi connectivity index (χ4v) is 5.80. The van der Waals surface area contributed by atoms with Crippen LogP contribution in [0.5, 0.6) is 17.2 Å². The van der Waals surface area contributed by atoms with E-state index in [1.807, 2.05) is 0 Å². The Bertz CT molecular complexity index is 1230. The van der Waals surface area contributed by atoms with Crippen LogP contribution in [0.1, 0.15) is 38.7 Å². The van der Waals surface area contributed by atoms with E-state index in [9.17, 15) is 30.3 Å². The number of aromatic hydroxyl groups is 2. The summed E-state index contributed by atoms with van der Waals surface area (Å²) in [4.78, 5) is 17.6. The molecule has 0 spiro atoms. The molecule has 0 amide bonds. The van der Waals surface area contributed by atoms with E-state index in [-0.39, 0.29) is 34.7 Å². The minimum atomic E-state index is -1.55. The third kappa shape index (κ3) is 4.34. The first kappa shape index (κ1) is 26.5. The molecule has 11 heteroatoms. The fourth-order valence-electron chi connectivity index (χ4n) is 5.80. The predicted octanol–water partition coefficient (Wildman–Crippen LogP) is 0.738. The van der Waals surface area contributed by atoms with Crippen molar-refractivity contribution in [1.82, 2.24) is 4.90 Å². The van der Waals surface area contributed by atoms with Crippen molar-refractivity contribution >= 4 is 11.7 Å². The summed E-state index contributed by atoms with van der Waals surface area (Å²) >= 11 is 0. The molecule has 2 aromatic rings. The first-order valence-electron chi connectivity index (χ1n) is 12.7. The number of benzene rings is 2. The third-order valence-corrected chi connectivity index (χ3v) is 7.79. The Hall–Kier alpha value is -3.09. The lowest BCUT2D eigenvalue weighted by molar-refractivity contribution is -0.235. The number of methoxy groups -OCH3 is 1. The molecular formula is C27H34N2O9. The zero-order valence-electron chi connectivity index (χ0n) is 21.6. The van der Waals surface area contributed by atoms with Crippen LogP contribution in [-0.2, 0) is 16.0 Å². The van der Waals surface area contributed by atoms with Gasteiger partial charge in [-0.15, -0.1) is 0 Å². The Labute approximate surface area is 220 Å². The number of anilines is 1. The van der Waals surface area contributed by atoms with Crippen LogP contribution in [0.15, 0.2) is 18.2 Å².